The molecule has 0 N–H and O–H groups in total. The Bertz CT molecular complexity index is 1850. The number of nitrogens with zero attached hydrogens (tertiary/aromatic N) is 6. The van der Waals surface area contributed by atoms with Crippen molar-refractivity contribution in [3.63, 3.8) is 0 Å². The number of hydrogen-bond acceptors (Lipinski definition) is 4. The summed E-state index contributed by atoms with van der Waals surface area (Å²) in [7, 11) is 0. The third kappa shape index (κ3) is 4.82. The molecule has 0 saturated carbocycles. The molecular formula is C32H33BrN6O2. The van der Waals surface area contributed by atoms with E-state index >= 15 is 0 Å². The van der Waals surface area contributed by atoms with Crippen molar-refractivity contribution in [1.82, 2.24) is 28.9 Å². The summed E-state index contributed by atoms with van der Waals surface area (Å²) < 4.78 is 6.48. The number of halogens is 1. The van der Waals surface area contributed by atoms with Gasteiger partial charge in [0.25, 0.3) is 11.5 Å². The van der Waals surface area contributed by atoms with E-state index in [1.807, 2.05) is 95.8 Å². The zero-order valence-corrected chi connectivity index (χ0v) is 25.5. The second-order valence-electron chi connectivity index (χ2n) is 11.4. The number of carbonyl (C=O) groups excluding carboxylic acids is 1. The molecule has 0 radical (unpaired) electrons. The van der Waals surface area contributed by atoms with Gasteiger partial charge in [0.05, 0.1) is 35.5 Å². The summed E-state index contributed by atoms with van der Waals surface area (Å²) in [5.41, 5.74) is 7.47. The number of fused-ring (bicyclic) bond motifs is 3. The monoisotopic (exact) mass is 612 g/mol. The summed E-state index contributed by atoms with van der Waals surface area (Å²) in [6, 6.07) is 15.4. The highest BCUT2D eigenvalue weighted by atomic mass is 79.9. The summed E-state index contributed by atoms with van der Waals surface area (Å²) >= 11 is 3.53. The van der Waals surface area contributed by atoms with E-state index in [4.69, 9.17) is 5.10 Å². The van der Waals surface area contributed by atoms with Crippen molar-refractivity contribution in [2.24, 2.45) is 5.92 Å². The van der Waals surface area contributed by atoms with Gasteiger partial charge in [0, 0.05) is 33.4 Å². The molecule has 0 saturated heterocycles. The van der Waals surface area contributed by atoms with E-state index < -0.39 is 0 Å². The maximum atomic E-state index is 14.3. The first kappa shape index (κ1) is 27.2. The SMILES string of the molecule is Cc1ccn(-c2ccc(-n3c(=O)c4c(n5ncc(CC(C)C)c35)CN(C(=O)c3ccc(Br)c(C)c3)[C@@H](C)C4)cc2)n1. The van der Waals surface area contributed by atoms with Crippen molar-refractivity contribution in [1.29, 1.82) is 0 Å². The number of carbonyl (C=O) groups is 1. The molecule has 5 aromatic rings. The van der Waals surface area contributed by atoms with Crippen LogP contribution in [0, 0.1) is 19.8 Å². The minimum atomic E-state index is -0.145. The molecule has 1 aliphatic rings. The molecule has 3 aromatic heterocycles. The Morgan fingerprint density at radius 1 is 1.07 bits per heavy atom. The van der Waals surface area contributed by atoms with Crippen molar-refractivity contribution in [3.05, 3.63) is 109 Å². The first-order valence-corrected chi connectivity index (χ1v) is 14.7. The topological polar surface area (TPSA) is 77.4 Å². The Morgan fingerprint density at radius 2 is 1.80 bits per heavy atom. The van der Waals surface area contributed by atoms with Crippen molar-refractivity contribution in [3.8, 4) is 11.4 Å². The highest BCUT2D eigenvalue weighted by Crippen LogP contribution is 2.28. The van der Waals surface area contributed by atoms with Gasteiger partial charge in [0.1, 0.15) is 5.65 Å². The van der Waals surface area contributed by atoms with E-state index in [1.54, 1.807) is 4.57 Å². The first-order chi connectivity index (χ1) is 19.6. The van der Waals surface area contributed by atoms with Crippen molar-refractivity contribution in [2.45, 2.75) is 60.0 Å². The van der Waals surface area contributed by atoms with Gasteiger partial charge in [0.2, 0.25) is 0 Å². The van der Waals surface area contributed by atoms with E-state index in [1.165, 1.54) is 0 Å². The van der Waals surface area contributed by atoms with Crippen LogP contribution in [0.25, 0.3) is 17.0 Å². The third-order valence-electron chi connectivity index (χ3n) is 7.83. The minimum Gasteiger partial charge on any atom is -0.330 e. The van der Waals surface area contributed by atoms with Crippen LogP contribution in [-0.4, -0.2) is 40.8 Å². The lowest BCUT2D eigenvalue weighted by Gasteiger charge is -2.35. The Hall–Kier alpha value is -3.98. The molecule has 6 rings (SSSR count). The second kappa shape index (κ2) is 10.4. The number of amides is 1. The maximum Gasteiger partial charge on any atom is 0.261 e. The van der Waals surface area contributed by atoms with Gasteiger partial charge in [-0.1, -0.05) is 29.8 Å². The molecule has 0 fully saturated rings. The van der Waals surface area contributed by atoms with Crippen LogP contribution in [0.15, 0.2) is 70.2 Å². The van der Waals surface area contributed by atoms with Crippen molar-refractivity contribution < 1.29 is 4.79 Å². The maximum absolute atomic E-state index is 14.3. The van der Waals surface area contributed by atoms with Crippen LogP contribution in [0.3, 0.4) is 0 Å². The molecule has 2 aromatic carbocycles. The molecule has 1 atom stereocenters. The molecule has 0 unspecified atom stereocenters. The lowest BCUT2D eigenvalue weighted by Crippen LogP contribution is -2.46. The number of aryl methyl sites for hydroxylation is 2. The zero-order valence-electron chi connectivity index (χ0n) is 23.9. The summed E-state index contributed by atoms with van der Waals surface area (Å²) in [5.74, 6) is 0.335. The van der Waals surface area contributed by atoms with Gasteiger partial charge in [-0.2, -0.15) is 10.2 Å². The van der Waals surface area contributed by atoms with E-state index in [0.29, 0.717) is 30.0 Å². The van der Waals surface area contributed by atoms with Gasteiger partial charge in [-0.25, -0.2) is 9.20 Å². The lowest BCUT2D eigenvalue weighted by molar-refractivity contribution is 0.0651. The number of rotatable bonds is 5. The molecule has 4 heterocycles. The minimum absolute atomic E-state index is 0.0462. The molecule has 9 heteroatoms. The quantitative estimate of drug-likeness (QED) is 0.250. The predicted octanol–water partition coefficient (Wildman–Crippen LogP) is 5.84. The van der Waals surface area contributed by atoms with Crippen molar-refractivity contribution in [2.75, 3.05) is 0 Å². The molecule has 0 spiro atoms. The average Bonchev–Trinajstić information content (AvgIpc) is 3.56. The largest absolute Gasteiger partial charge is 0.330 e. The van der Waals surface area contributed by atoms with Crippen LogP contribution in [0.5, 0.6) is 0 Å². The molecule has 0 bridgehead atoms. The fourth-order valence-corrected chi connectivity index (χ4v) is 5.98. The molecule has 41 heavy (non-hydrogen) atoms. The Kier molecular flexibility index (Phi) is 6.93. The van der Waals surface area contributed by atoms with Crippen LogP contribution in [0.4, 0.5) is 0 Å². The number of benzene rings is 2. The molecular weight excluding hydrogens is 580 g/mol. The summed E-state index contributed by atoms with van der Waals surface area (Å²) in [4.78, 5) is 29.8. The van der Waals surface area contributed by atoms with E-state index in [2.05, 4.69) is 34.9 Å². The number of aromatic nitrogens is 5. The van der Waals surface area contributed by atoms with Gasteiger partial charge >= 0.3 is 0 Å². The highest BCUT2D eigenvalue weighted by molar-refractivity contribution is 9.10. The molecule has 1 aliphatic heterocycles. The fourth-order valence-electron chi connectivity index (χ4n) is 5.74. The Morgan fingerprint density at radius 3 is 2.46 bits per heavy atom. The van der Waals surface area contributed by atoms with Crippen LogP contribution in [0.2, 0.25) is 0 Å². The zero-order chi connectivity index (χ0) is 29.0. The summed E-state index contributed by atoms with van der Waals surface area (Å²) in [6.45, 7) is 10.6. The smallest absolute Gasteiger partial charge is 0.261 e. The van der Waals surface area contributed by atoms with Gasteiger partial charge in [0.15, 0.2) is 0 Å². The molecule has 8 nitrogen and oxygen atoms in total. The number of hydrogen-bond donors (Lipinski definition) is 0. The van der Waals surface area contributed by atoms with E-state index in [0.717, 1.165) is 50.4 Å². The molecule has 210 valence electrons. The second-order valence-corrected chi connectivity index (χ2v) is 12.3. The Labute approximate surface area is 247 Å². The fraction of sp³-hybridized carbons (Fsp3) is 0.312. The molecule has 0 aliphatic carbocycles. The van der Waals surface area contributed by atoms with Crippen LogP contribution in [-0.2, 0) is 19.4 Å². The average molecular weight is 614 g/mol. The summed E-state index contributed by atoms with van der Waals surface area (Å²) in [5, 5.41) is 9.30. The van der Waals surface area contributed by atoms with Gasteiger partial charge < -0.3 is 4.90 Å². The van der Waals surface area contributed by atoms with Crippen LogP contribution < -0.4 is 5.56 Å². The normalized spacial score (nSPS) is 15.1. The highest BCUT2D eigenvalue weighted by Gasteiger charge is 2.33. The van der Waals surface area contributed by atoms with Gasteiger partial charge in [-0.05, 0) is 93.6 Å². The lowest BCUT2D eigenvalue weighted by atomic mass is 9.97. The predicted molar refractivity (Wildman–Crippen MR) is 163 cm³/mol. The molecule has 1 amide bonds. The van der Waals surface area contributed by atoms with Crippen molar-refractivity contribution >= 4 is 27.5 Å². The van der Waals surface area contributed by atoms with Crippen LogP contribution >= 0.6 is 15.9 Å². The van der Waals surface area contributed by atoms with E-state index in [9.17, 15) is 9.59 Å². The van der Waals surface area contributed by atoms with Gasteiger partial charge in [-0.15, -0.1) is 0 Å². The summed E-state index contributed by atoms with van der Waals surface area (Å²) in [6.07, 6.45) is 5.03. The van der Waals surface area contributed by atoms with Gasteiger partial charge in [-0.3, -0.25) is 14.2 Å². The third-order valence-corrected chi connectivity index (χ3v) is 8.72. The van der Waals surface area contributed by atoms with Crippen LogP contribution in [0.1, 0.15) is 59.2 Å². The Balaban J connectivity index is 1.48. The van der Waals surface area contributed by atoms with E-state index in [-0.39, 0.29) is 17.5 Å². The standard InChI is InChI=1S/C32H33BrN6O2/c1-19(2)14-24-17-34-39-29-18-36(31(40)23-6-11-28(33)20(3)15-23)22(5)16-27(29)32(41)38(30(24)39)26-9-7-25(8-10-26)37-13-12-21(4)35-37/h6-13,15,17,19,22H,14,16,18H2,1-5H3/t22-/m0/s1. The first-order valence-electron chi connectivity index (χ1n) is 14.0.